The van der Waals surface area contributed by atoms with Crippen LogP contribution < -0.4 is 10.6 Å². The van der Waals surface area contributed by atoms with Crippen molar-refractivity contribution in [3.8, 4) is 0 Å². The highest BCUT2D eigenvalue weighted by Crippen LogP contribution is 2.23. The molecule has 2 rings (SSSR count). The number of rotatable bonds is 10. The van der Waals surface area contributed by atoms with Crippen LogP contribution in [-0.4, -0.2) is 36.3 Å². The lowest BCUT2D eigenvalue weighted by atomic mass is 10.0. The Labute approximate surface area is 174 Å². The standard InChI is InChI=1S/C24H33N3O2/c1-5-15-27(16-6-2)24(29)19-11-13-20(14-12-19)26-23(28)17-25-22-10-8-7-9-21(22)18(3)4/h7-14,18,25H,5-6,15-17H2,1-4H3,(H,26,28). The number of para-hydroxylation sites is 1. The van der Waals surface area contributed by atoms with Gasteiger partial charge in [-0.2, -0.15) is 0 Å². The highest BCUT2D eigenvalue weighted by molar-refractivity contribution is 5.96. The lowest BCUT2D eigenvalue weighted by molar-refractivity contribution is -0.114. The molecule has 5 heteroatoms. The number of benzene rings is 2. The third-order valence-electron chi connectivity index (χ3n) is 4.71. The van der Waals surface area contributed by atoms with Crippen LogP contribution in [0, 0.1) is 0 Å². The fraction of sp³-hybridized carbons (Fsp3) is 0.417. The van der Waals surface area contributed by atoms with E-state index in [1.54, 1.807) is 24.3 Å². The molecule has 2 aromatic carbocycles. The van der Waals surface area contributed by atoms with Gasteiger partial charge in [-0.15, -0.1) is 0 Å². The maximum atomic E-state index is 12.6. The molecule has 0 heterocycles. The molecule has 0 saturated carbocycles. The number of amides is 2. The Bertz CT molecular complexity index is 794. The van der Waals surface area contributed by atoms with E-state index in [9.17, 15) is 9.59 Å². The van der Waals surface area contributed by atoms with Crippen LogP contribution >= 0.6 is 0 Å². The summed E-state index contributed by atoms with van der Waals surface area (Å²) in [6, 6.07) is 15.1. The van der Waals surface area contributed by atoms with Crippen LogP contribution in [0.2, 0.25) is 0 Å². The van der Waals surface area contributed by atoms with Gasteiger partial charge in [0.2, 0.25) is 5.91 Å². The number of hydrogen-bond acceptors (Lipinski definition) is 3. The highest BCUT2D eigenvalue weighted by atomic mass is 16.2. The minimum absolute atomic E-state index is 0.0403. The van der Waals surface area contributed by atoms with E-state index in [0.717, 1.165) is 31.6 Å². The average molecular weight is 396 g/mol. The summed E-state index contributed by atoms with van der Waals surface area (Å²) in [4.78, 5) is 26.8. The van der Waals surface area contributed by atoms with E-state index in [-0.39, 0.29) is 18.4 Å². The molecule has 0 aliphatic heterocycles. The maximum absolute atomic E-state index is 12.6. The predicted molar refractivity (Wildman–Crippen MR) is 121 cm³/mol. The van der Waals surface area contributed by atoms with Crippen LogP contribution in [0.1, 0.15) is 62.4 Å². The summed E-state index contributed by atoms with van der Waals surface area (Å²) in [5.74, 6) is 0.298. The second-order valence-electron chi connectivity index (χ2n) is 7.51. The molecule has 0 saturated heterocycles. The van der Waals surface area contributed by atoms with Crippen LogP contribution in [0.3, 0.4) is 0 Å². The van der Waals surface area contributed by atoms with Gasteiger partial charge in [-0.3, -0.25) is 9.59 Å². The first-order valence-electron chi connectivity index (χ1n) is 10.5. The van der Waals surface area contributed by atoms with Crippen LogP contribution in [0.25, 0.3) is 0 Å². The number of nitrogens with zero attached hydrogens (tertiary/aromatic N) is 1. The molecule has 0 aliphatic carbocycles. The molecule has 0 fully saturated rings. The van der Waals surface area contributed by atoms with Crippen molar-refractivity contribution in [3.63, 3.8) is 0 Å². The summed E-state index contributed by atoms with van der Waals surface area (Å²) in [5, 5.41) is 6.09. The molecular weight excluding hydrogens is 362 g/mol. The number of anilines is 2. The summed E-state index contributed by atoms with van der Waals surface area (Å²) < 4.78 is 0. The van der Waals surface area contributed by atoms with E-state index in [1.807, 2.05) is 23.1 Å². The molecule has 0 aliphatic rings. The van der Waals surface area contributed by atoms with Gasteiger partial charge < -0.3 is 15.5 Å². The number of hydrogen-bond donors (Lipinski definition) is 2. The fourth-order valence-electron chi connectivity index (χ4n) is 3.28. The van der Waals surface area contributed by atoms with Crippen molar-refractivity contribution in [2.24, 2.45) is 0 Å². The number of carbonyl (C=O) groups is 2. The van der Waals surface area contributed by atoms with E-state index in [4.69, 9.17) is 0 Å². The molecule has 0 aromatic heterocycles. The van der Waals surface area contributed by atoms with Gasteiger partial charge >= 0.3 is 0 Å². The van der Waals surface area contributed by atoms with Gasteiger partial charge in [0.1, 0.15) is 0 Å². The Kier molecular flexibility index (Phi) is 8.71. The minimum atomic E-state index is -0.124. The third kappa shape index (κ3) is 6.63. The Morgan fingerprint density at radius 2 is 1.55 bits per heavy atom. The summed E-state index contributed by atoms with van der Waals surface area (Å²) >= 11 is 0. The monoisotopic (exact) mass is 395 g/mol. The normalized spacial score (nSPS) is 10.7. The van der Waals surface area contributed by atoms with Gasteiger partial charge in [-0.05, 0) is 54.7 Å². The van der Waals surface area contributed by atoms with E-state index < -0.39 is 0 Å². The molecule has 5 nitrogen and oxygen atoms in total. The van der Waals surface area contributed by atoms with Crippen molar-refractivity contribution >= 4 is 23.2 Å². The second kappa shape index (κ2) is 11.2. The predicted octanol–water partition coefficient (Wildman–Crippen LogP) is 5.12. The van der Waals surface area contributed by atoms with Crippen LogP contribution in [0.15, 0.2) is 48.5 Å². The lowest BCUT2D eigenvalue weighted by Gasteiger charge is -2.21. The molecule has 0 atom stereocenters. The van der Waals surface area contributed by atoms with E-state index in [1.165, 1.54) is 5.56 Å². The Morgan fingerprint density at radius 3 is 2.14 bits per heavy atom. The number of carbonyl (C=O) groups excluding carboxylic acids is 2. The zero-order chi connectivity index (χ0) is 21.2. The van der Waals surface area contributed by atoms with Gasteiger partial charge in [0.25, 0.3) is 5.91 Å². The summed E-state index contributed by atoms with van der Waals surface area (Å²) in [5.41, 5.74) is 3.49. The molecule has 156 valence electrons. The Morgan fingerprint density at radius 1 is 0.931 bits per heavy atom. The molecule has 0 spiro atoms. The fourth-order valence-corrected chi connectivity index (χ4v) is 3.28. The molecule has 2 amide bonds. The van der Waals surface area contributed by atoms with Crippen LogP contribution in [0.4, 0.5) is 11.4 Å². The third-order valence-corrected chi connectivity index (χ3v) is 4.71. The van der Waals surface area contributed by atoms with Gasteiger partial charge in [0, 0.05) is 30.0 Å². The largest absolute Gasteiger partial charge is 0.376 e. The lowest BCUT2D eigenvalue weighted by Crippen LogP contribution is -2.32. The van der Waals surface area contributed by atoms with Crippen molar-refractivity contribution in [2.45, 2.75) is 46.5 Å². The van der Waals surface area contributed by atoms with Crippen molar-refractivity contribution in [1.82, 2.24) is 4.90 Å². The second-order valence-corrected chi connectivity index (χ2v) is 7.51. The van der Waals surface area contributed by atoms with Gasteiger partial charge in [-0.25, -0.2) is 0 Å². The van der Waals surface area contributed by atoms with Crippen molar-refractivity contribution in [1.29, 1.82) is 0 Å². The molecule has 2 N–H and O–H groups in total. The van der Waals surface area contributed by atoms with Crippen molar-refractivity contribution in [2.75, 3.05) is 30.3 Å². The van der Waals surface area contributed by atoms with Gasteiger partial charge in [0.05, 0.1) is 6.54 Å². The van der Waals surface area contributed by atoms with E-state index in [2.05, 4.69) is 44.4 Å². The van der Waals surface area contributed by atoms with Gasteiger partial charge in [0.15, 0.2) is 0 Å². The zero-order valence-electron chi connectivity index (χ0n) is 18.0. The van der Waals surface area contributed by atoms with Gasteiger partial charge in [-0.1, -0.05) is 45.9 Å². The maximum Gasteiger partial charge on any atom is 0.253 e. The summed E-state index contributed by atoms with van der Waals surface area (Å²) in [7, 11) is 0. The smallest absolute Gasteiger partial charge is 0.253 e. The number of nitrogens with one attached hydrogen (secondary N) is 2. The Balaban J connectivity index is 1.94. The van der Waals surface area contributed by atoms with E-state index >= 15 is 0 Å². The van der Waals surface area contributed by atoms with Crippen molar-refractivity contribution < 1.29 is 9.59 Å². The molecule has 0 radical (unpaired) electrons. The van der Waals surface area contributed by atoms with E-state index in [0.29, 0.717) is 17.2 Å². The topological polar surface area (TPSA) is 61.4 Å². The summed E-state index contributed by atoms with van der Waals surface area (Å²) in [6.07, 6.45) is 1.87. The SMILES string of the molecule is CCCN(CCC)C(=O)c1ccc(NC(=O)CNc2ccccc2C(C)C)cc1. The molecule has 2 aromatic rings. The quantitative estimate of drug-likeness (QED) is 0.587. The first-order chi connectivity index (χ1) is 14.0. The molecular formula is C24H33N3O2. The average Bonchev–Trinajstić information content (AvgIpc) is 2.72. The van der Waals surface area contributed by atoms with Crippen LogP contribution in [0.5, 0.6) is 0 Å². The first-order valence-corrected chi connectivity index (χ1v) is 10.5. The molecule has 0 bridgehead atoms. The summed E-state index contributed by atoms with van der Waals surface area (Å²) in [6.45, 7) is 10.1. The zero-order valence-corrected chi connectivity index (χ0v) is 18.0. The van der Waals surface area contributed by atoms with Crippen molar-refractivity contribution in [3.05, 3.63) is 59.7 Å². The highest BCUT2D eigenvalue weighted by Gasteiger charge is 2.14. The minimum Gasteiger partial charge on any atom is -0.376 e. The molecule has 0 unspecified atom stereocenters. The Hall–Kier alpha value is -2.82. The first kappa shape index (κ1) is 22.5. The molecule has 29 heavy (non-hydrogen) atoms. The van der Waals surface area contributed by atoms with Crippen LogP contribution in [-0.2, 0) is 4.79 Å².